The van der Waals surface area contributed by atoms with E-state index in [4.69, 9.17) is 5.26 Å². The van der Waals surface area contributed by atoms with Crippen LogP contribution < -0.4 is 4.72 Å². The van der Waals surface area contributed by atoms with Gasteiger partial charge in [0.05, 0.1) is 6.07 Å². The van der Waals surface area contributed by atoms with E-state index in [1.54, 1.807) is 0 Å². The van der Waals surface area contributed by atoms with Crippen molar-refractivity contribution >= 4 is 19.9 Å². The number of nitrogens with one attached hydrogen (secondary N) is 1. The van der Waals surface area contributed by atoms with Gasteiger partial charge in [0.1, 0.15) is 5.54 Å². The maximum absolute atomic E-state index is 11.6. The van der Waals surface area contributed by atoms with Gasteiger partial charge in [-0.1, -0.05) is 19.3 Å². The zero-order valence-electron chi connectivity index (χ0n) is 9.64. The van der Waals surface area contributed by atoms with Gasteiger partial charge in [-0.25, -0.2) is 16.8 Å². The van der Waals surface area contributed by atoms with Gasteiger partial charge in [-0.15, -0.1) is 0 Å². The zero-order chi connectivity index (χ0) is 13.2. The highest BCUT2D eigenvalue weighted by molar-refractivity contribution is 8.06. The van der Waals surface area contributed by atoms with Crippen LogP contribution in [0.4, 0.5) is 0 Å². The van der Waals surface area contributed by atoms with Crippen molar-refractivity contribution in [1.82, 2.24) is 4.72 Å². The van der Waals surface area contributed by atoms with Gasteiger partial charge < -0.3 is 0 Å². The molecule has 0 aromatic carbocycles. The standard InChI is InChI=1S/C9H16N2O4S2/c1-16(12,13)8-17(14,15)11-9(7-10)5-3-2-4-6-9/h11H,2-6,8H2,1H3. The summed E-state index contributed by atoms with van der Waals surface area (Å²) in [5.74, 6) is 0. The Hall–Kier alpha value is -0.650. The molecule has 1 fully saturated rings. The van der Waals surface area contributed by atoms with Crippen LogP contribution in [-0.2, 0) is 19.9 Å². The molecular weight excluding hydrogens is 264 g/mol. The molecule has 17 heavy (non-hydrogen) atoms. The van der Waals surface area contributed by atoms with Crippen molar-refractivity contribution in [3.8, 4) is 6.07 Å². The highest BCUT2D eigenvalue weighted by Gasteiger charge is 2.37. The lowest BCUT2D eigenvalue weighted by atomic mass is 9.84. The molecule has 0 bridgehead atoms. The second-order valence-electron chi connectivity index (χ2n) is 4.51. The molecule has 0 atom stereocenters. The zero-order valence-corrected chi connectivity index (χ0v) is 11.3. The van der Waals surface area contributed by atoms with Gasteiger partial charge in [0.25, 0.3) is 0 Å². The normalized spacial score (nSPS) is 20.7. The average molecular weight is 280 g/mol. The Bertz CT molecular complexity index is 510. The van der Waals surface area contributed by atoms with Gasteiger partial charge in [0.2, 0.25) is 10.0 Å². The SMILES string of the molecule is CS(=O)(=O)CS(=O)(=O)NC1(C#N)CCCCC1. The van der Waals surface area contributed by atoms with E-state index >= 15 is 0 Å². The van der Waals surface area contributed by atoms with Crippen molar-refractivity contribution in [3.63, 3.8) is 0 Å². The van der Waals surface area contributed by atoms with Crippen LogP contribution in [-0.4, -0.2) is 33.7 Å². The number of hydrogen-bond acceptors (Lipinski definition) is 5. The molecule has 1 aliphatic carbocycles. The summed E-state index contributed by atoms with van der Waals surface area (Å²) in [7, 11) is -7.60. The van der Waals surface area contributed by atoms with Crippen LogP contribution >= 0.6 is 0 Å². The molecule has 6 nitrogen and oxygen atoms in total. The Balaban J connectivity index is 2.85. The second-order valence-corrected chi connectivity index (χ2v) is 8.74. The maximum atomic E-state index is 11.6. The Morgan fingerprint density at radius 1 is 1.18 bits per heavy atom. The van der Waals surface area contributed by atoms with Gasteiger partial charge in [-0.3, -0.25) is 0 Å². The van der Waals surface area contributed by atoms with Crippen LogP contribution in [0.2, 0.25) is 0 Å². The Morgan fingerprint density at radius 3 is 2.12 bits per heavy atom. The molecule has 1 saturated carbocycles. The van der Waals surface area contributed by atoms with Gasteiger partial charge in [-0.05, 0) is 12.8 Å². The number of hydrogen-bond donors (Lipinski definition) is 1. The van der Waals surface area contributed by atoms with Crippen molar-refractivity contribution in [2.24, 2.45) is 0 Å². The van der Waals surface area contributed by atoms with Crippen LogP contribution in [0, 0.1) is 11.3 Å². The molecule has 8 heteroatoms. The van der Waals surface area contributed by atoms with Crippen molar-refractivity contribution in [2.45, 2.75) is 37.6 Å². The number of sulfonamides is 1. The van der Waals surface area contributed by atoms with Gasteiger partial charge in [0, 0.05) is 6.26 Å². The third-order valence-electron chi connectivity index (χ3n) is 2.64. The molecule has 1 N–H and O–H groups in total. The van der Waals surface area contributed by atoms with E-state index in [1.165, 1.54) is 0 Å². The highest BCUT2D eigenvalue weighted by atomic mass is 32.3. The summed E-state index contributed by atoms with van der Waals surface area (Å²) in [5, 5.41) is 8.11. The first kappa shape index (κ1) is 14.4. The lowest BCUT2D eigenvalue weighted by Crippen LogP contribution is -2.49. The molecule has 0 unspecified atom stereocenters. The van der Waals surface area contributed by atoms with E-state index in [0.29, 0.717) is 12.8 Å². The topological polar surface area (TPSA) is 104 Å². The molecule has 0 heterocycles. The fourth-order valence-corrected chi connectivity index (χ4v) is 5.34. The van der Waals surface area contributed by atoms with Crippen molar-refractivity contribution < 1.29 is 16.8 Å². The third-order valence-corrected chi connectivity index (χ3v) is 6.30. The van der Waals surface area contributed by atoms with Gasteiger partial charge in [0.15, 0.2) is 14.9 Å². The Labute approximate surface area is 102 Å². The highest BCUT2D eigenvalue weighted by Crippen LogP contribution is 2.28. The molecule has 1 rings (SSSR count). The number of nitrogens with zero attached hydrogens (tertiary/aromatic N) is 1. The summed E-state index contributed by atoms with van der Waals surface area (Å²) in [6, 6.07) is 1.97. The summed E-state index contributed by atoms with van der Waals surface area (Å²) >= 11 is 0. The molecule has 0 amide bonds. The van der Waals surface area contributed by atoms with E-state index in [2.05, 4.69) is 4.72 Å². The molecule has 0 aliphatic heterocycles. The third kappa shape index (κ3) is 4.61. The Morgan fingerprint density at radius 2 is 1.71 bits per heavy atom. The van der Waals surface area contributed by atoms with Crippen molar-refractivity contribution in [3.05, 3.63) is 0 Å². The molecule has 0 aromatic heterocycles. The first-order valence-electron chi connectivity index (χ1n) is 5.29. The predicted octanol–water partition coefficient (Wildman–Crippen LogP) is 0.134. The minimum absolute atomic E-state index is 0.437. The van der Waals surface area contributed by atoms with Crippen molar-refractivity contribution in [1.29, 1.82) is 5.26 Å². The van der Waals surface area contributed by atoms with Crippen LogP contribution in [0.5, 0.6) is 0 Å². The van der Waals surface area contributed by atoms with E-state index in [9.17, 15) is 16.8 Å². The average Bonchev–Trinajstić information content (AvgIpc) is 2.14. The van der Waals surface area contributed by atoms with E-state index < -0.39 is 30.5 Å². The summed E-state index contributed by atoms with van der Waals surface area (Å²) in [6.07, 6.45) is 4.24. The summed E-state index contributed by atoms with van der Waals surface area (Å²) in [4.78, 5) is 0. The van der Waals surface area contributed by atoms with Gasteiger partial charge >= 0.3 is 0 Å². The molecule has 0 saturated heterocycles. The van der Waals surface area contributed by atoms with E-state index in [1.807, 2.05) is 6.07 Å². The summed E-state index contributed by atoms with van der Waals surface area (Å²) in [6.45, 7) is 0. The minimum atomic E-state index is -3.97. The predicted molar refractivity (Wildman–Crippen MR) is 63.2 cm³/mol. The van der Waals surface area contributed by atoms with E-state index in [0.717, 1.165) is 25.5 Å². The quantitative estimate of drug-likeness (QED) is 0.788. The lowest BCUT2D eigenvalue weighted by Gasteiger charge is -2.30. The molecule has 0 aromatic rings. The molecule has 1 aliphatic rings. The maximum Gasteiger partial charge on any atom is 0.227 e. The van der Waals surface area contributed by atoms with Crippen molar-refractivity contribution in [2.75, 3.05) is 11.3 Å². The van der Waals surface area contributed by atoms with Crippen LogP contribution in [0.3, 0.4) is 0 Å². The number of sulfone groups is 1. The Kier molecular flexibility index (Phi) is 4.17. The first-order valence-corrected chi connectivity index (χ1v) is 9.00. The van der Waals surface area contributed by atoms with Crippen LogP contribution in [0.1, 0.15) is 32.1 Å². The summed E-state index contributed by atoms with van der Waals surface area (Å²) < 4.78 is 47.5. The second kappa shape index (κ2) is 4.92. The molecule has 0 spiro atoms. The molecule has 0 radical (unpaired) electrons. The first-order chi connectivity index (χ1) is 7.68. The lowest BCUT2D eigenvalue weighted by molar-refractivity contribution is 0.338. The van der Waals surface area contributed by atoms with Gasteiger partial charge in [-0.2, -0.15) is 9.98 Å². The number of rotatable bonds is 4. The largest absolute Gasteiger partial charge is 0.228 e. The fraction of sp³-hybridized carbons (Fsp3) is 0.889. The van der Waals surface area contributed by atoms with Crippen LogP contribution in [0.25, 0.3) is 0 Å². The smallest absolute Gasteiger partial charge is 0.227 e. The number of nitriles is 1. The van der Waals surface area contributed by atoms with Crippen LogP contribution in [0.15, 0.2) is 0 Å². The molecule has 98 valence electrons. The summed E-state index contributed by atoms with van der Waals surface area (Å²) in [5.41, 5.74) is -1.12. The molecular formula is C9H16N2O4S2. The van der Waals surface area contributed by atoms with E-state index in [-0.39, 0.29) is 0 Å². The minimum Gasteiger partial charge on any atom is -0.228 e. The fourth-order valence-electron chi connectivity index (χ4n) is 2.00. The monoisotopic (exact) mass is 280 g/mol.